The first kappa shape index (κ1) is 14.0. The number of carboxylic acids is 1. The quantitative estimate of drug-likeness (QED) is 0.590. The van der Waals surface area contributed by atoms with Gasteiger partial charge in [0.25, 0.3) is 0 Å². The molecule has 0 aliphatic carbocycles. The third kappa shape index (κ3) is 5.34. The van der Waals surface area contributed by atoms with Gasteiger partial charge in [-0.25, -0.2) is 0 Å². The van der Waals surface area contributed by atoms with Gasteiger partial charge in [-0.3, -0.25) is 9.59 Å². The Morgan fingerprint density at radius 1 is 1.22 bits per heavy atom. The van der Waals surface area contributed by atoms with Gasteiger partial charge in [0.15, 0.2) is 0 Å². The number of carbonyl (C=O) groups is 2. The molecular weight excluding hydrogens is 236 g/mol. The molecule has 1 aromatic carbocycles. The highest BCUT2D eigenvalue weighted by Crippen LogP contribution is 2.13. The number of rotatable bonds is 7. The maximum absolute atomic E-state index is 11.0. The molecule has 0 unspecified atom stereocenters. The van der Waals surface area contributed by atoms with Crippen molar-refractivity contribution >= 4 is 11.9 Å². The minimum atomic E-state index is -0.827. The van der Waals surface area contributed by atoms with Gasteiger partial charge in [0, 0.05) is 6.42 Å². The van der Waals surface area contributed by atoms with Crippen molar-refractivity contribution in [2.75, 3.05) is 13.7 Å². The summed E-state index contributed by atoms with van der Waals surface area (Å²) in [5, 5.41) is 8.46. The molecule has 0 saturated heterocycles. The van der Waals surface area contributed by atoms with E-state index in [1.165, 1.54) is 7.11 Å². The van der Waals surface area contributed by atoms with Gasteiger partial charge in [-0.15, -0.1) is 0 Å². The molecule has 0 atom stereocenters. The van der Waals surface area contributed by atoms with Crippen LogP contribution in [0.1, 0.15) is 18.4 Å². The van der Waals surface area contributed by atoms with Crippen LogP contribution in [0, 0.1) is 0 Å². The minimum absolute atomic E-state index is 0.0976. The molecule has 98 valence electrons. The van der Waals surface area contributed by atoms with E-state index in [0.717, 1.165) is 5.56 Å². The molecule has 0 fully saturated rings. The first-order valence-corrected chi connectivity index (χ1v) is 5.62. The molecular formula is C13H16O5. The number of aliphatic carboxylic acids is 1. The first-order valence-electron chi connectivity index (χ1n) is 5.62. The summed E-state index contributed by atoms with van der Waals surface area (Å²) in [7, 11) is 1.35. The van der Waals surface area contributed by atoms with Crippen LogP contribution >= 0.6 is 0 Å². The van der Waals surface area contributed by atoms with E-state index in [0.29, 0.717) is 18.8 Å². The molecule has 0 heterocycles. The van der Waals surface area contributed by atoms with Gasteiger partial charge in [-0.05, 0) is 24.1 Å². The molecule has 0 aliphatic rings. The highest BCUT2D eigenvalue weighted by molar-refractivity contribution is 5.72. The fourth-order valence-electron chi connectivity index (χ4n) is 1.36. The van der Waals surface area contributed by atoms with Crippen LogP contribution < -0.4 is 4.74 Å². The second kappa shape index (κ2) is 7.32. The van der Waals surface area contributed by atoms with Gasteiger partial charge in [0.05, 0.1) is 20.1 Å². The fourth-order valence-corrected chi connectivity index (χ4v) is 1.36. The predicted molar refractivity (Wildman–Crippen MR) is 64.5 cm³/mol. The van der Waals surface area contributed by atoms with Gasteiger partial charge in [-0.2, -0.15) is 0 Å². The van der Waals surface area contributed by atoms with Crippen LogP contribution in [-0.4, -0.2) is 30.8 Å². The molecule has 1 aromatic rings. The second-order valence-corrected chi connectivity index (χ2v) is 3.74. The van der Waals surface area contributed by atoms with E-state index in [1.54, 1.807) is 24.3 Å². The highest BCUT2D eigenvalue weighted by Gasteiger charge is 2.03. The van der Waals surface area contributed by atoms with E-state index < -0.39 is 5.97 Å². The zero-order valence-corrected chi connectivity index (χ0v) is 10.2. The second-order valence-electron chi connectivity index (χ2n) is 3.74. The van der Waals surface area contributed by atoms with E-state index in [-0.39, 0.29) is 18.8 Å². The van der Waals surface area contributed by atoms with Gasteiger partial charge >= 0.3 is 11.9 Å². The molecule has 5 heteroatoms. The van der Waals surface area contributed by atoms with Crippen LogP contribution in [0.2, 0.25) is 0 Å². The van der Waals surface area contributed by atoms with Crippen LogP contribution in [-0.2, 0) is 20.7 Å². The summed E-state index contributed by atoms with van der Waals surface area (Å²) in [5.74, 6) is -0.453. The number of ether oxygens (including phenoxy) is 2. The number of hydrogen-bond donors (Lipinski definition) is 1. The van der Waals surface area contributed by atoms with Gasteiger partial charge in [0.2, 0.25) is 0 Å². The summed E-state index contributed by atoms with van der Waals surface area (Å²) in [4.78, 5) is 21.3. The monoisotopic (exact) mass is 252 g/mol. The molecule has 0 saturated carbocycles. The van der Waals surface area contributed by atoms with Crippen molar-refractivity contribution in [3.8, 4) is 5.75 Å². The van der Waals surface area contributed by atoms with Crippen LogP contribution in [0.4, 0.5) is 0 Å². The number of hydrogen-bond acceptors (Lipinski definition) is 4. The molecule has 1 N–H and O–H groups in total. The predicted octanol–water partition coefficient (Wildman–Crippen LogP) is 1.65. The Hall–Kier alpha value is -2.04. The molecule has 0 radical (unpaired) electrons. The third-order valence-corrected chi connectivity index (χ3v) is 2.30. The average Bonchev–Trinajstić information content (AvgIpc) is 2.36. The van der Waals surface area contributed by atoms with Crippen molar-refractivity contribution in [2.45, 2.75) is 19.3 Å². The average molecular weight is 252 g/mol. The molecule has 0 aliphatic heterocycles. The Balaban J connectivity index is 2.36. The Kier molecular flexibility index (Phi) is 5.70. The molecule has 0 bridgehead atoms. The Morgan fingerprint density at radius 3 is 2.44 bits per heavy atom. The van der Waals surface area contributed by atoms with Crippen molar-refractivity contribution in [2.24, 2.45) is 0 Å². The molecule has 1 rings (SSSR count). The standard InChI is InChI=1S/C13H16O5/c1-17-13(16)9-10-4-6-11(7-5-10)18-8-2-3-12(14)15/h4-7H,2-3,8-9H2,1H3,(H,14,15). The fraction of sp³-hybridized carbons (Fsp3) is 0.385. The number of carbonyl (C=O) groups excluding carboxylic acids is 1. The SMILES string of the molecule is COC(=O)Cc1ccc(OCCCC(=O)O)cc1. The van der Waals surface area contributed by atoms with Crippen LogP contribution in [0.15, 0.2) is 24.3 Å². The highest BCUT2D eigenvalue weighted by atomic mass is 16.5. The number of esters is 1. The Labute approximate surface area is 105 Å². The lowest BCUT2D eigenvalue weighted by molar-refractivity contribution is -0.140. The van der Waals surface area contributed by atoms with E-state index in [1.807, 2.05) is 0 Å². The number of carboxylic acid groups (broad SMARTS) is 1. The summed E-state index contributed by atoms with van der Waals surface area (Å²) in [5.41, 5.74) is 0.847. The van der Waals surface area contributed by atoms with Crippen LogP contribution in [0.5, 0.6) is 5.75 Å². The normalized spacial score (nSPS) is 9.83. The number of benzene rings is 1. The van der Waals surface area contributed by atoms with Gasteiger partial charge < -0.3 is 14.6 Å². The zero-order valence-electron chi connectivity index (χ0n) is 10.2. The lowest BCUT2D eigenvalue weighted by atomic mass is 10.1. The van der Waals surface area contributed by atoms with Crippen molar-refractivity contribution in [3.63, 3.8) is 0 Å². The van der Waals surface area contributed by atoms with Crippen LogP contribution in [0.3, 0.4) is 0 Å². The summed E-state index contributed by atoms with van der Waals surface area (Å²) in [6.07, 6.45) is 0.801. The van der Waals surface area contributed by atoms with Crippen molar-refractivity contribution in [1.29, 1.82) is 0 Å². The Morgan fingerprint density at radius 2 is 1.89 bits per heavy atom. The molecule has 0 amide bonds. The molecule has 0 aromatic heterocycles. The number of methoxy groups -OCH3 is 1. The van der Waals surface area contributed by atoms with E-state index in [2.05, 4.69) is 4.74 Å². The van der Waals surface area contributed by atoms with Crippen molar-refractivity contribution in [1.82, 2.24) is 0 Å². The van der Waals surface area contributed by atoms with Crippen molar-refractivity contribution in [3.05, 3.63) is 29.8 Å². The van der Waals surface area contributed by atoms with Gasteiger partial charge in [-0.1, -0.05) is 12.1 Å². The first-order chi connectivity index (χ1) is 8.61. The van der Waals surface area contributed by atoms with Gasteiger partial charge in [0.1, 0.15) is 5.75 Å². The van der Waals surface area contributed by atoms with Crippen LogP contribution in [0.25, 0.3) is 0 Å². The van der Waals surface area contributed by atoms with Crippen molar-refractivity contribution < 1.29 is 24.2 Å². The summed E-state index contributed by atoms with van der Waals surface area (Å²) in [6.45, 7) is 0.364. The Bertz CT molecular complexity index is 396. The third-order valence-electron chi connectivity index (χ3n) is 2.30. The van der Waals surface area contributed by atoms with E-state index in [4.69, 9.17) is 9.84 Å². The summed E-state index contributed by atoms with van der Waals surface area (Å²) < 4.78 is 9.92. The summed E-state index contributed by atoms with van der Waals surface area (Å²) >= 11 is 0. The molecule has 0 spiro atoms. The van der Waals surface area contributed by atoms with E-state index in [9.17, 15) is 9.59 Å². The lowest BCUT2D eigenvalue weighted by Crippen LogP contribution is -2.04. The maximum Gasteiger partial charge on any atom is 0.309 e. The molecule has 5 nitrogen and oxygen atoms in total. The lowest BCUT2D eigenvalue weighted by Gasteiger charge is -2.06. The molecule has 18 heavy (non-hydrogen) atoms. The smallest absolute Gasteiger partial charge is 0.309 e. The van der Waals surface area contributed by atoms with E-state index >= 15 is 0 Å². The largest absolute Gasteiger partial charge is 0.494 e. The zero-order chi connectivity index (χ0) is 13.4. The minimum Gasteiger partial charge on any atom is -0.494 e. The summed E-state index contributed by atoms with van der Waals surface area (Å²) in [6, 6.07) is 7.06. The topological polar surface area (TPSA) is 72.8 Å². The maximum atomic E-state index is 11.0.